The number of carbonyl (C=O) groups excluding carboxylic acids is 1. The van der Waals surface area contributed by atoms with Gasteiger partial charge in [0.2, 0.25) is 5.91 Å². The van der Waals surface area contributed by atoms with Crippen LogP contribution in [0.2, 0.25) is 0 Å². The molecule has 18 heavy (non-hydrogen) atoms. The van der Waals surface area contributed by atoms with Gasteiger partial charge >= 0.3 is 0 Å². The molecule has 1 amide bonds. The summed E-state index contributed by atoms with van der Waals surface area (Å²) in [5.74, 6) is 0.195. The van der Waals surface area contributed by atoms with Gasteiger partial charge in [-0.3, -0.25) is 4.79 Å². The van der Waals surface area contributed by atoms with Gasteiger partial charge in [-0.15, -0.1) is 12.4 Å². The van der Waals surface area contributed by atoms with Gasteiger partial charge in [-0.05, 0) is 37.6 Å². The van der Waals surface area contributed by atoms with Crippen molar-refractivity contribution in [1.29, 1.82) is 0 Å². The molecule has 1 fully saturated rings. The molecule has 4 heteroatoms. The average Bonchev–Trinajstić information content (AvgIpc) is 2.28. The molecule has 1 saturated heterocycles. The van der Waals surface area contributed by atoms with Crippen LogP contribution in [-0.2, 0) is 4.79 Å². The Morgan fingerprint density at radius 3 is 2.56 bits per heavy atom. The van der Waals surface area contributed by atoms with Crippen molar-refractivity contribution < 1.29 is 4.79 Å². The first-order valence-corrected chi connectivity index (χ1v) is 7.00. The van der Waals surface area contributed by atoms with Gasteiger partial charge in [-0.25, -0.2) is 0 Å². The SMILES string of the molecule is CC(C)(C)CCCCNC(=O)C1CCCCN1.Cl. The Morgan fingerprint density at radius 2 is 2.00 bits per heavy atom. The molecule has 108 valence electrons. The van der Waals surface area contributed by atoms with E-state index in [1.165, 1.54) is 25.7 Å². The predicted molar refractivity (Wildman–Crippen MR) is 79.2 cm³/mol. The van der Waals surface area contributed by atoms with Gasteiger partial charge in [0, 0.05) is 6.54 Å². The van der Waals surface area contributed by atoms with Crippen molar-refractivity contribution in [2.45, 2.75) is 65.3 Å². The third-order valence-electron chi connectivity index (χ3n) is 3.28. The smallest absolute Gasteiger partial charge is 0.237 e. The topological polar surface area (TPSA) is 41.1 Å². The average molecular weight is 277 g/mol. The van der Waals surface area contributed by atoms with Crippen LogP contribution in [0.3, 0.4) is 0 Å². The summed E-state index contributed by atoms with van der Waals surface area (Å²) in [5.41, 5.74) is 0.412. The molecule has 1 aliphatic heterocycles. The minimum absolute atomic E-state index is 0. The number of unbranched alkanes of at least 4 members (excludes halogenated alkanes) is 1. The van der Waals surface area contributed by atoms with E-state index in [-0.39, 0.29) is 24.4 Å². The fourth-order valence-corrected chi connectivity index (χ4v) is 2.19. The number of hydrogen-bond donors (Lipinski definition) is 2. The Labute approximate surface area is 118 Å². The Bertz CT molecular complexity index is 232. The summed E-state index contributed by atoms with van der Waals surface area (Å²) in [6.07, 6.45) is 6.89. The fraction of sp³-hybridized carbons (Fsp3) is 0.929. The highest BCUT2D eigenvalue weighted by Gasteiger charge is 2.19. The number of piperidine rings is 1. The molecule has 2 N–H and O–H groups in total. The molecule has 0 spiro atoms. The number of rotatable bonds is 5. The van der Waals surface area contributed by atoms with E-state index in [9.17, 15) is 4.79 Å². The molecule has 0 aliphatic carbocycles. The quantitative estimate of drug-likeness (QED) is 0.758. The van der Waals surface area contributed by atoms with Crippen molar-refractivity contribution in [1.82, 2.24) is 10.6 Å². The highest BCUT2D eigenvalue weighted by atomic mass is 35.5. The molecule has 1 aliphatic rings. The molecule has 0 bridgehead atoms. The van der Waals surface area contributed by atoms with Gasteiger partial charge in [-0.1, -0.05) is 33.6 Å². The van der Waals surface area contributed by atoms with Gasteiger partial charge in [0.15, 0.2) is 0 Å². The summed E-state index contributed by atoms with van der Waals surface area (Å²) in [7, 11) is 0. The van der Waals surface area contributed by atoms with Crippen LogP contribution in [0, 0.1) is 5.41 Å². The third kappa shape index (κ3) is 7.93. The van der Waals surface area contributed by atoms with Gasteiger partial charge in [-0.2, -0.15) is 0 Å². The summed E-state index contributed by atoms with van der Waals surface area (Å²) in [6, 6.07) is 0.0615. The van der Waals surface area contributed by atoms with E-state index in [0.29, 0.717) is 5.41 Å². The van der Waals surface area contributed by atoms with Crippen molar-refractivity contribution in [2.24, 2.45) is 5.41 Å². The second kappa shape index (κ2) is 8.76. The van der Waals surface area contributed by atoms with E-state index in [2.05, 4.69) is 31.4 Å². The zero-order chi connectivity index (χ0) is 12.7. The highest BCUT2D eigenvalue weighted by Crippen LogP contribution is 2.21. The van der Waals surface area contributed by atoms with Gasteiger partial charge in [0.25, 0.3) is 0 Å². The van der Waals surface area contributed by atoms with E-state index in [0.717, 1.165) is 25.9 Å². The molecule has 0 radical (unpaired) electrons. The van der Waals surface area contributed by atoms with Gasteiger partial charge in [0.05, 0.1) is 6.04 Å². The first kappa shape index (κ1) is 17.7. The highest BCUT2D eigenvalue weighted by molar-refractivity contribution is 5.85. The summed E-state index contributed by atoms with van der Waals surface area (Å²) in [6.45, 7) is 8.60. The van der Waals surface area contributed by atoms with Crippen LogP contribution in [0.4, 0.5) is 0 Å². The maximum atomic E-state index is 11.8. The van der Waals surface area contributed by atoms with Crippen molar-refractivity contribution in [3.05, 3.63) is 0 Å². The molecular formula is C14H29ClN2O. The van der Waals surface area contributed by atoms with Crippen LogP contribution < -0.4 is 10.6 Å². The first-order chi connectivity index (χ1) is 7.99. The first-order valence-electron chi connectivity index (χ1n) is 7.00. The van der Waals surface area contributed by atoms with Gasteiger partial charge < -0.3 is 10.6 Å². The Balaban J connectivity index is 0.00000289. The summed E-state index contributed by atoms with van der Waals surface area (Å²) < 4.78 is 0. The lowest BCUT2D eigenvalue weighted by molar-refractivity contribution is -0.123. The molecule has 0 aromatic carbocycles. The molecular weight excluding hydrogens is 248 g/mol. The summed E-state index contributed by atoms with van der Waals surface area (Å²) >= 11 is 0. The van der Waals surface area contributed by atoms with Gasteiger partial charge in [0.1, 0.15) is 0 Å². The van der Waals surface area contributed by atoms with Crippen molar-refractivity contribution in [3.63, 3.8) is 0 Å². The lowest BCUT2D eigenvalue weighted by Gasteiger charge is -2.22. The summed E-state index contributed by atoms with van der Waals surface area (Å²) in [4.78, 5) is 11.8. The predicted octanol–water partition coefficient (Wildman–Crippen LogP) is 2.88. The van der Waals surface area contributed by atoms with E-state index in [1.807, 2.05) is 0 Å². The normalized spacial score (nSPS) is 20.1. The number of nitrogens with one attached hydrogen (secondary N) is 2. The molecule has 1 rings (SSSR count). The molecule has 0 aromatic rings. The molecule has 0 saturated carbocycles. The Morgan fingerprint density at radius 1 is 1.28 bits per heavy atom. The number of hydrogen-bond acceptors (Lipinski definition) is 2. The molecule has 0 aromatic heterocycles. The van der Waals surface area contributed by atoms with Crippen LogP contribution in [-0.4, -0.2) is 25.0 Å². The van der Waals surface area contributed by atoms with E-state index in [1.54, 1.807) is 0 Å². The molecule has 3 nitrogen and oxygen atoms in total. The van der Waals surface area contributed by atoms with Crippen LogP contribution >= 0.6 is 12.4 Å². The lowest BCUT2D eigenvalue weighted by atomic mass is 9.90. The third-order valence-corrected chi connectivity index (χ3v) is 3.28. The number of amides is 1. The second-order valence-electron chi connectivity index (χ2n) is 6.31. The second-order valence-corrected chi connectivity index (χ2v) is 6.31. The molecule has 1 unspecified atom stereocenters. The van der Waals surface area contributed by atoms with Crippen molar-refractivity contribution in [2.75, 3.05) is 13.1 Å². The monoisotopic (exact) mass is 276 g/mol. The van der Waals surface area contributed by atoms with Crippen LogP contribution in [0.5, 0.6) is 0 Å². The Hall–Kier alpha value is -0.280. The van der Waals surface area contributed by atoms with Crippen molar-refractivity contribution in [3.8, 4) is 0 Å². The maximum Gasteiger partial charge on any atom is 0.237 e. The lowest BCUT2D eigenvalue weighted by Crippen LogP contribution is -2.46. The van der Waals surface area contributed by atoms with E-state index < -0.39 is 0 Å². The van der Waals surface area contributed by atoms with Crippen molar-refractivity contribution >= 4 is 18.3 Å². The van der Waals surface area contributed by atoms with Crippen LogP contribution in [0.15, 0.2) is 0 Å². The fourth-order valence-electron chi connectivity index (χ4n) is 2.19. The number of halogens is 1. The van der Waals surface area contributed by atoms with Crippen LogP contribution in [0.25, 0.3) is 0 Å². The summed E-state index contributed by atoms with van der Waals surface area (Å²) in [5, 5.41) is 6.31. The maximum absolute atomic E-state index is 11.8. The zero-order valence-corrected chi connectivity index (χ0v) is 12.9. The largest absolute Gasteiger partial charge is 0.355 e. The Kier molecular flexibility index (Phi) is 8.62. The minimum atomic E-state index is 0. The standard InChI is InChI=1S/C14H28N2O.ClH/c1-14(2,3)9-5-7-11-16-13(17)12-8-4-6-10-15-12;/h12,15H,4-11H2,1-3H3,(H,16,17);1H. The molecule has 1 atom stereocenters. The minimum Gasteiger partial charge on any atom is -0.355 e. The number of carbonyl (C=O) groups is 1. The van der Waals surface area contributed by atoms with E-state index in [4.69, 9.17) is 0 Å². The van der Waals surface area contributed by atoms with E-state index >= 15 is 0 Å². The molecule has 1 heterocycles. The zero-order valence-electron chi connectivity index (χ0n) is 12.1. The van der Waals surface area contributed by atoms with Crippen LogP contribution in [0.1, 0.15) is 59.3 Å².